The molecule has 2 aromatic rings. The van der Waals surface area contributed by atoms with E-state index in [1.54, 1.807) is 18.7 Å². The Hall–Kier alpha value is -2.28. The van der Waals surface area contributed by atoms with Crippen molar-refractivity contribution in [1.29, 1.82) is 5.26 Å². The number of benzene rings is 1. The largest absolute Gasteiger partial charge is 0.438 e. The van der Waals surface area contributed by atoms with Gasteiger partial charge < -0.3 is 4.74 Å². The van der Waals surface area contributed by atoms with Crippen molar-refractivity contribution in [2.24, 2.45) is 7.05 Å². The predicted molar refractivity (Wildman–Crippen MR) is 63.9 cm³/mol. The molecule has 4 nitrogen and oxygen atoms in total. The maximum atomic E-state index is 9.06. The molecule has 0 aliphatic carbocycles. The average molecular weight is 227 g/mol. The number of ether oxygens (including phenoxy) is 1. The van der Waals surface area contributed by atoms with E-state index in [0.717, 1.165) is 5.56 Å². The summed E-state index contributed by atoms with van der Waals surface area (Å²) in [5, 5.41) is 13.2. The summed E-state index contributed by atoms with van der Waals surface area (Å²) in [6.45, 7) is 3.79. The highest BCUT2D eigenvalue weighted by atomic mass is 16.5. The molecular weight excluding hydrogens is 214 g/mol. The van der Waals surface area contributed by atoms with Crippen molar-refractivity contribution in [2.75, 3.05) is 0 Å². The summed E-state index contributed by atoms with van der Waals surface area (Å²) in [7, 11) is 1.76. The van der Waals surface area contributed by atoms with E-state index < -0.39 is 0 Å². The second-order valence-electron chi connectivity index (χ2n) is 3.92. The van der Waals surface area contributed by atoms with Crippen LogP contribution in [0.25, 0.3) is 0 Å². The van der Waals surface area contributed by atoms with E-state index in [2.05, 4.69) is 11.2 Å². The number of nitrogens with zero attached hydrogens (tertiary/aromatic N) is 3. The number of hydrogen-bond donors (Lipinski definition) is 0. The quantitative estimate of drug-likeness (QED) is 0.792. The van der Waals surface area contributed by atoms with Gasteiger partial charge in [-0.25, -0.2) is 4.68 Å². The molecule has 0 aliphatic rings. The highest BCUT2D eigenvalue weighted by molar-refractivity contribution is 5.44. The van der Waals surface area contributed by atoms with Gasteiger partial charge in [0.1, 0.15) is 17.4 Å². The number of aryl methyl sites for hydroxylation is 3. The van der Waals surface area contributed by atoms with Crippen molar-refractivity contribution in [3.05, 3.63) is 41.1 Å². The number of nitriles is 1. The van der Waals surface area contributed by atoms with Gasteiger partial charge in [-0.1, -0.05) is 12.1 Å². The van der Waals surface area contributed by atoms with Crippen molar-refractivity contribution >= 4 is 0 Å². The van der Waals surface area contributed by atoms with Gasteiger partial charge in [-0.2, -0.15) is 10.4 Å². The first kappa shape index (κ1) is 11.2. The zero-order chi connectivity index (χ0) is 12.4. The summed E-state index contributed by atoms with van der Waals surface area (Å²) in [6.07, 6.45) is 0. The Morgan fingerprint density at radius 1 is 1.35 bits per heavy atom. The van der Waals surface area contributed by atoms with Gasteiger partial charge in [0.15, 0.2) is 0 Å². The van der Waals surface area contributed by atoms with E-state index in [4.69, 9.17) is 10.00 Å². The Kier molecular flexibility index (Phi) is 2.84. The standard InChI is InChI=1S/C13H13N3O/c1-9-5-4-6-11(7-9)17-13-12(8-14)10(2)15-16(13)3/h4-7H,1-3H3. The zero-order valence-electron chi connectivity index (χ0n) is 10.1. The number of rotatable bonds is 2. The molecule has 0 aliphatic heterocycles. The topological polar surface area (TPSA) is 50.8 Å². The smallest absolute Gasteiger partial charge is 0.235 e. The fourth-order valence-electron chi connectivity index (χ4n) is 1.67. The van der Waals surface area contributed by atoms with Gasteiger partial charge in [0.2, 0.25) is 5.88 Å². The van der Waals surface area contributed by atoms with Gasteiger partial charge in [0, 0.05) is 7.05 Å². The van der Waals surface area contributed by atoms with E-state index in [9.17, 15) is 0 Å². The van der Waals surface area contributed by atoms with Crippen molar-refractivity contribution < 1.29 is 4.74 Å². The minimum Gasteiger partial charge on any atom is -0.438 e. The summed E-state index contributed by atoms with van der Waals surface area (Å²) in [5.41, 5.74) is 2.27. The lowest BCUT2D eigenvalue weighted by Crippen LogP contribution is -1.96. The third-order valence-electron chi connectivity index (χ3n) is 2.49. The minimum absolute atomic E-state index is 0.481. The number of hydrogen-bond acceptors (Lipinski definition) is 3. The number of aromatic nitrogens is 2. The second kappa shape index (κ2) is 4.30. The van der Waals surface area contributed by atoms with Crippen LogP contribution in [0.5, 0.6) is 11.6 Å². The molecule has 1 aromatic carbocycles. The molecular formula is C13H13N3O. The van der Waals surface area contributed by atoms with E-state index in [1.807, 2.05) is 31.2 Å². The molecule has 0 spiro atoms. The first-order valence-corrected chi connectivity index (χ1v) is 5.30. The Balaban J connectivity index is 2.40. The van der Waals surface area contributed by atoms with Gasteiger partial charge >= 0.3 is 0 Å². The van der Waals surface area contributed by atoms with Gasteiger partial charge in [0.05, 0.1) is 5.69 Å². The molecule has 2 rings (SSSR count). The zero-order valence-corrected chi connectivity index (χ0v) is 10.1. The average Bonchev–Trinajstić information content (AvgIpc) is 2.53. The summed E-state index contributed by atoms with van der Waals surface area (Å²) in [5.74, 6) is 1.19. The van der Waals surface area contributed by atoms with Crippen LogP contribution in [0.1, 0.15) is 16.8 Å². The normalized spacial score (nSPS) is 10.0. The molecule has 1 aromatic heterocycles. The van der Waals surface area contributed by atoms with Crippen LogP contribution in [0.2, 0.25) is 0 Å². The van der Waals surface area contributed by atoms with Gasteiger partial charge in [-0.15, -0.1) is 0 Å². The van der Waals surface area contributed by atoms with Crippen LogP contribution in [0.15, 0.2) is 24.3 Å². The van der Waals surface area contributed by atoms with Crippen LogP contribution in [-0.2, 0) is 7.05 Å². The van der Waals surface area contributed by atoms with Crippen LogP contribution in [0, 0.1) is 25.2 Å². The molecule has 17 heavy (non-hydrogen) atoms. The molecule has 0 saturated carbocycles. The Bertz CT molecular complexity index is 593. The van der Waals surface area contributed by atoms with Gasteiger partial charge in [-0.3, -0.25) is 0 Å². The maximum Gasteiger partial charge on any atom is 0.235 e. The van der Waals surface area contributed by atoms with Crippen LogP contribution in [-0.4, -0.2) is 9.78 Å². The predicted octanol–water partition coefficient (Wildman–Crippen LogP) is 2.70. The summed E-state index contributed by atoms with van der Waals surface area (Å²) in [4.78, 5) is 0. The molecule has 0 saturated heterocycles. The first-order chi connectivity index (χ1) is 8.11. The molecule has 0 atom stereocenters. The molecule has 0 N–H and O–H groups in total. The highest BCUT2D eigenvalue weighted by Gasteiger charge is 2.14. The van der Waals surface area contributed by atoms with E-state index in [0.29, 0.717) is 22.9 Å². The summed E-state index contributed by atoms with van der Waals surface area (Å²) >= 11 is 0. The van der Waals surface area contributed by atoms with Gasteiger partial charge in [-0.05, 0) is 31.5 Å². The lowest BCUT2D eigenvalue weighted by Gasteiger charge is -2.06. The molecule has 0 amide bonds. The molecule has 4 heteroatoms. The highest BCUT2D eigenvalue weighted by Crippen LogP contribution is 2.26. The SMILES string of the molecule is Cc1cccc(Oc2c(C#N)c(C)nn2C)c1. The van der Waals surface area contributed by atoms with Crippen LogP contribution < -0.4 is 4.74 Å². The Morgan fingerprint density at radius 3 is 2.76 bits per heavy atom. The minimum atomic E-state index is 0.481. The first-order valence-electron chi connectivity index (χ1n) is 5.30. The molecule has 86 valence electrons. The third-order valence-corrected chi connectivity index (χ3v) is 2.49. The van der Waals surface area contributed by atoms with Crippen LogP contribution >= 0.6 is 0 Å². The van der Waals surface area contributed by atoms with E-state index in [-0.39, 0.29) is 0 Å². The summed E-state index contributed by atoms with van der Waals surface area (Å²) < 4.78 is 7.29. The molecule has 1 heterocycles. The fraction of sp³-hybridized carbons (Fsp3) is 0.231. The van der Waals surface area contributed by atoms with Gasteiger partial charge in [0.25, 0.3) is 0 Å². The molecule has 0 radical (unpaired) electrons. The summed E-state index contributed by atoms with van der Waals surface area (Å²) in [6, 6.07) is 9.80. The van der Waals surface area contributed by atoms with Crippen molar-refractivity contribution in [1.82, 2.24) is 9.78 Å². The van der Waals surface area contributed by atoms with E-state index >= 15 is 0 Å². The Morgan fingerprint density at radius 2 is 2.12 bits per heavy atom. The third kappa shape index (κ3) is 2.13. The van der Waals surface area contributed by atoms with Crippen LogP contribution in [0.4, 0.5) is 0 Å². The lowest BCUT2D eigenvalue weighted by atomic mass is 10.2. The lowest BCUT2D eigenvalue weighted by molar-refractivity contribution is 0.429. The molecule has 0 bridgehead atoms. The second-order valence-corrected chi connectivity index (χ2v) is 3.92. The monoisotopic (exact) mass is 227 g/mol. The van der Waals surface area contributed by atoms with Crippen LogP contribution in [0.3, 0.4) is 0 Å². The van der Waals surface area contributed by atoms with Crippen molar-refractivity contribution in [3.8, 4) is 17.7 Å². The Labute approximate surface area is 100 Å². The fourth-order valence-corrected chi connectivity index (χ4v) is 1.67. The maximum absolute atomic E-state index is 9.06. The van der Waals surface area contributed by atoms with Crippen molar-refractivity contribution in [3.63, 3.8) is 0 Å². The van der Waals surface area contributed by atoms with E-state index in [1.165, 1.54) is 0 Å². The van der Waals surface area contributed by atoms with Crippen molar-refractivity contribution in [2.45, 2.75) is 13.8 Å². The molecule has 0 unspecified atom stereocenters. The molecule has 0 fully saturated rings.